The smallest absolute Gasteiger partial charge is 0.321 e. The number of halogens is 3. The Kier molecular flexibility index (Phi) is 4.67. The van der Waals surface area contributed by atoms with Gasteiger partial charge in [-0.2, -0.15) is 13.2 Å². The molecule has 0 fully saturated rings. The summed E-state index contributed by atoms with van der Waals surface area (Å²) in [5.41, 5.74) is 0.185. The largest absolute Gasteiger partial charge is 0.399 e. The van der Waals surface area contributed by atoms with Crippen molar-refractivity contribution in [2.75, 3.05) is 12.4 Å². The van der Waals surface area contributed by atoms with Crippen LogP contribution in [0, 0.1) is 0 Å². The Labute approximate surface area is 151 Å². The molecule has 0 spiro atoms. The first-order valence-corrected chi connectivity index (χ1v) is 9.71. The normalized spacial score (nSPS) is 17.2. The van der Waals surface area contributed by atoms with Gasteiger partial charge in [0, 0.05) is 21.7 Å². The molecular weight excluding hydrogens is 389 g/mol. The summed E-state index contributed by atoms with van der Waals surface area (Å²) in [5.74, 6) is -2.66. The fourth-order valence-electron chi connectivity index (χ4n) is 2.59. The number of sulfonamides is 1. The van der Waals surface area contributed by atoms with Crippen molar-refractivity contribution in [2.24, 2.45) is 0 Å². The van der Waals surface area contributed by atoms with E-state index in [1.807, 2.05) is 0 Å². The van der Waals surface area contributed by atoms with E-state index < -0.39 is 28.0 Å². The summed E-state index contributed by atoms with van der Waals surface area (Å²) in [6.07, 6.45) is -3.75. The second-order valence-electron chi connectivity index (χ2n) is 5.48. The lowest BCUT2D eigenvalue weighted by atomic mass is 9.99. The minimum Gasteiger partial charge on any atom is -0.321 e. The van der Waals surface area contributed by atoms with Crippen LogP contribution in [0.3, 0.4) is 0 Å². The van der Waals surface area contributed by atoms with Crippen LogP contribution in [0.1, 0.15) is 16.4 Å². The summed E-state index contributed by atoms with van der Waals surface area (Å²) in [4.78, 5) is 12.1. The van der Waals surface area contributed by atoms with Gasteiger partial charge < -0.3 is 5.32 Å². The van der Waals surface area contributed by atoms with Gasteiger partial charge in [0.15, 0.2) is 0 Å². The van der Waals surface area contributed by atoms with Gasteiger partial charge in [0.25, 0.3) is 5.91 Å². The van der Waals surface area contributed by atoms with E-state index in [9.17, 15) is 26.4 Å². The van der Waals surface area contributed by atoms with Crippen LogP contribution in [0.15, 0.2) is 46.7 Å². The second kappa shape index (κ2) is 6.53. The zero-order valence-electron chi connectivity index (χ0n) is 13.3. The fourth-order valence-corrected chi connectivity index (χ4v) is 4.17. The number of hydrogen-bond acceptors (Lipinski definition) is 4. The monoisotopic (exact) mass is 402 g/mol. The maximum atomic E-state index is 13.5. The van der Waals surface area contributed by atoms with E-state index >= 15 is 0 Å². The van der Waals surface area contributed by atoms with Gasteiger partial charge in [-0.25, -0.2) is 13.1 Å². The quantitative estimate of drug-likeness (QED) is 0.771. The van der Waals surface area contributed by atoms with Crippen LogP contribution in [0.25, 0.3) is 5.57 Å². The van der Waals surface area contributed by atoms with E-state index in [4.69, 9.17) is 0 Å². The highest BCUT2D eigenvalue weighted by Gasteiger charge is 2.41. The van der Waals surface area contributed by atoms with Crippen LogP contribution in [-0.4, -0.2) is 27.5 Å². The molecule has 2 aromatic rings. The van der Waals surface area contributed by atoms with Crippen molar-refractivity contribution in [1.82, 2.24) is 4.72 Å². The molecule has 5 nitrogen and oxygen atoms in total. The van der Waals surface area contributed by atoms with E-state index in [-0.39, 0.29) is 26.6 Å². The van der Waals surface area contributed by atoms with E-state index in [1.165, 1.54) is 42.8 Å². The van der Waals surface area contributed by atoms with E-state index in [0.717, 1.165) is 17.4 Å². The average Bonchev–Trinajstić information content (AvgIpc) is 3.18. The third-order valence-electron chi connectivity index (χ3n) is 3.89. The van der Waals surface area contributed by atoms with Gasteiger partial charge in [-0.15, -0.1) is 11.3 Å². The fraction of sp³-hybridized carbons (Fsp3) is 0.188. The second-order valence-corrected chi connectivity index (χ2v) is 8.35. The highest BCUT2D eigenvalue weighted by Crippen LogP contribution is 2.42. The van der Waals surface area contributed by atoms with Gasteiger partial charge in [-0.3, -0.25) is 4.79 Å². The third kappa shape index (κ3) is 3.39. The van der Waals surface area contributed by atoms with Crippen molar-refractivity contribution < 1.29 is 26.4 Å². The molecule has 1 aromatic heterocycles. The number of anilines is 1. The van der Waals surface area contributed by atoms with Crippen LogP contribution < -0.4 is 10.0 Å². The Morgan fingerprint density at radius 1 is 1.27 bits per heavy atom. The molecular formula is C16H13F3N2O3S2. The summed E-state index contributed by atoms with van der Waals surface area (Å²) in [7, 11) is -2.58. The molecule has 1 aliphatic heterocycles. The van der Waals surface area contributed by atoms with Crippen molar-refractivity contribution in [3.63, 3.8) is 0 Å². The molecule has 1 atom stereocenters. The third-order valence-corrected chi connectivity index (χ3v) is 6.26. The number of benzene rings is 1. The highest BCUT2D eigenvalue weighted by molar-refractivity contribution is 7.89. The van der Waals surface area contributed by atoms with Crippen molar-refractivity contribution in [3.05, 3.63) is 52.2 Å². The molecule has 3 rings (SSSR count). The minimum absolute atomic E-state index is 0.0465. The van der Waals surface area contributed by atoms with Crippen LogP contribution in [0.2, 0.25) is 0 Å². The SMILES string of the molecule is CNS(=O)(=O)c1ccc2c(c1)C(=CC(c1cccs1)C(F)(F)F)C(=O)N2. The van der Waals surface area contributed by atoms with Crippen molar-refractivity contribution >= 4 is 38.5 Å². The molecule has 0 saturated heterocycles. The van der Waals surface area contributed by atoms with E-state index in [0.29, 0.717) is 0 Å². The predicted octanol–water partition coefficient (Wildman–Crippen LogP) is 3.34. The van der Waals surface area contributed by atoms with Crippen LogP contribution in [0.5, 0.6) is 0 Å². The molecule has 0 bridgehead atoms. The summed E-state index contributed by atoms with van der Waals surface area (Å²) < 4.78 is 66.5. The molecule has 0 saturated carbocycles. The molecule has 1 unspecified atom stereocenters. The van der Waals surface area contributed by atoms with Gasteiger partial charge in [-0.05, 0) is 36.7 Å². The lowest BCUT2D eigenvalue weighted by Gasteiger charge is -2.16. The lowest BCUT2D eigenvalue weighted by molar-refractivity contribution is -0.138. The van der Waals surface area contributed by atoms with E-state index in [2.05, 4.69) is 10.0 Å². The Bertz CT molecular complexity index is 981. The zero-order valence-corrected chi connectivity index (χ0v) is 14.9. The number of amides is 1. The Morgan fingerprint density at radius 3 is 2.58 bits per heavy atom. The highest BCUT2D eigenvalue weighted by atomic mass is 32.2. The van der Waals surface area contributed by atoms with Gasteiger partial charge in [0.2, 0.25) is 10.0 Å². The number of nitrogens with one attached hydrogen (secondary N) is 2. The average molecular weight is 402 g/mol. The van der Waals surface area contributed by atoms with Crippen LogP contribution in [0.4, 0.5) is 18.9 Å². The summed E-state index contributed by atoms with van der Waals surface area (Å²) in [6.45, 7) is 0. The first-order chi connectivity index (χ1) is 12.1. The Morgan fingerprint density at radius 2 is 2.00 bits per heavy atom. The lowest BCUT2D eigenvalue weighted by Crippen LogP contribution is -2.19. The van der Waals surface area contributed by atoms with Gasteiger partial charge in [-0.1, -0.05) is 12.1 Å². The number of carbonyl (C=O) groups is 1. The van der Waals surface area contributed by atoms with Gasteiger partial charge >= 0.3 is 6.18 Å². The topological polar surface area (TPSA) is 75.3 Å². The van der Waals surface area contributed by atoms with Crippen molar-refractivity contribution in [2.45, 2.75) is 17.0 Å². The molecule has 10 heteroatoms. The van der Waals surface area contributed by atoms with Crippen LogP contribution in [-0.2, 0) is 14.8 Å². The summed E-state index contributed by atoms with van der Waals surface area (Å²) >= 11 is 0.933. The van der Waals surface area contributed by atoms with Crippen molar-refractivity contribution in [3.8, 4) is 0 Å². The molecule has 2 N–H and O–H groups in total. The number of allylic oxidation sites excluding steroid dienone is 1. The molecule has 1 aliphatic rings. The first kappa shape index (κ1) is 18.6. The number of carbonyl (C=O) groups excluding carboxylic acids is 1. The molecule has 1 amide bonds. The molecule has 0 aliphatic carbocycles. The first-order valence-electron chi connectivity index (χ1n) is 7.35. The number of rotatable bonds is 4. The zero-order chi connectivity index (χ0) is 19.1. The van der Waals surface area contributed by atoms with Gasteiger partial charge in [0.1, 0.15) is 5.92 Å². The van der Waals surface area contributed by atoms with Gasteiger partial charge in [0.05, 0.1) is 4.90 Å². The van der Waals surface area contributed by atoms with Crippen LogP contribution >= 0.6 is 11.3 Å². The standard InChI is InChI=1S/C16H13F3N2O3S2/c1-20-26(23,24)9-4-5-13-10(7-9)11(15(22)21-13)8-12(16(17,18)19)14-3-2-6-25-14/h2-8,12,20H,1H3,(H,21,22). The molecule has 1 aromatic carbocycles. The minimum atomic E-state index is -4.59. The maximum Gasteiger partial charge on any atom is 0.399 e. The van der Waals surface area contributed by atoms with Crippen molar-refractivity contribution in [1.29, 1.82) is 0 Å². The number of alkyl halides is 3. The van der Waals surface area contributed by atoms with E-state index in [1.54, 1.807) is 0 Å². The Balaban J connectivity index is 2.14. The predicted molar refractivity (Wildman–Crippen MR) is 92.4 cm³/mol. The molecule has 0 radical (unpaired) electrons. The number of fused-ring (bicyclic) bond motifs is 1. The maximum absolute atomic E-state index is 13.5. The number of thiophene rings is 1. The molecule has 2 heterocycles. The molecule has 138 valence electrons. The summed E-state index contributed by atoms with van der Waals surface area (Å²) in [5, 5.41) is 3.98. The molecule has 26 heavy (non-hydrogen) atoms. The summed E-state index contributed by atoms with van der Waals surface area (Å²) in [6, 6.07) is 6.65. The Hall–Kier alpha value is -2.17. The number of hydrogen-bond donors (Lipinski definition) is 2.